The van der Waals surface area contributed by atoms with Gasteiger partial charge in [-0.05, 0) is 66.8 Å². The lowest BCUT2D eigenvalue weighted by atomic mass is 10.0. The van der Waals surface area contributed by atoms with Crippen LogP contribution in [0.15, 0.2) is 85.5 Å². The number of rotatable bonds is 7. The standard InChI is InChI=1S/C26H23ClN6O2S/c1-35-16-23(34)30-20-10-9-17(14-19(20)27)33-25(24(31-26(33)36)21-7-2-3-12-29-21)22-8-5-13-32(22)18-6-4-11-28-15-18/h2-15,24-25H,16H2,1H3,(H,30,34)(H,31,36). The Labute approximate surface area is 218 Å². The highest BCUT2D eigenvalue weighted by Crippen LogP contribution is 2.43. The summed E-state index contributed by atoms with van der Waals surface area (Å²) >= 11 is 12.4. The molecule has 1 aliphatic heterocycles. The molecule has 1 amide bonds. The fourth-order valence-electron chi connectivity index (χ4n) is 4.37. The molecule has 2 N–H and O–H groups in total. The van der Waals surface area contributed by atoms with E-state index in [1.165, 1.54) is 7.11 Å². The SMILES string of the molecule is COCC(=O)Nc1ccc(N2C(=S)NC(c3ccccn3)C2c2cccn2-c2cccnc2)cc1Cl. The van der Waals surface area contributed by atoms with Crippen molar-refractivity contribution >= 4 is 46.2 Å². The van der Waals surface area contributed by atoms with Crippen LogP contribution in [0.3, 0.4) is 0 Å². The average Bonchev–Trinajstić information content (AvgIpc) is 3.51. The number of hydrogen-bond acceptors (Lipinski definition) is 5. The van der Waals surface area contributed by atoms with Gasteiger partial charge in [-0.3, -0.25) is 14.8 Å². The lowest BCUT2D eigenvalue weighted by Crippen LogP contribution is -2.30. The normalized spacial score (nSPS) is 17.2. The topological polar surface area (TPSA) is 84.3 Å². The van der Waals surface area contributed by atoms with Crippen LogP contribution in [0.2, 0.25) is 5.02 Å². The summed E-state index contributed by atoms with van der Waals surface area (Å²) in [6.45, 7) is -0.0582. The van der Waals surface area contributed by atoms with Gasteiger partial charge in [0.2, 0.25) is 5.91 Å². The van der Waals surface area contributed by atoms with Crippen LogP contribution in [0.5, 0.6) is 0 Å². The molecule has 10 heteroatoms. The van der Waals surface area contributed by atoms with Crippen LogP contribution in [-0.4, -0.2) is 39.3 Å². The highest BCUT2D eigenvalue weighted by atomic mass is 35.5. The zero-order valence-corrected chi connectivity index (χ0v) is 20.9. The Balaban J connectivity index is 1.58. The zero-order valence-electron chi connectivity index (χ0n) is 19.3. The van der Waals surface area contributed by atoms with Crippen LogP contribution in [0.25, 0.3) is 5.69 Å². The van der Waals surface area contributed by atoms with Gasteiger partial charge in [-0.25, -0.2) is 0 Å². The van der Waals surface area contributed by atoms with Gasteiger partial charge in [0, 0.05) is 37.1 Å². The molecular weight excluding hydrogens is 496 g/mol. The summed E-state index contributed by atoms with van der Waals surface area (Å²) in [6.07, 6.45) is 7.34. The van der Waals surface area contributed by atoms with Crippen LogP contribution in [0, 0.1) is 0 Å². The predicted octanol–water partition coefficient (Wildman–Crippen LogP) is 4.68. The summed E-state index contributed by atoms with van der Waals surface area (Å²) < 4.78 is 6.98. The summed E-state index contributed by atoms with van der Waals surface area (Å²) in [5.74, 6) is -0.284. The fourth-order valence-corrected chi connectivity index (χ4v) is 4.94. The summed E-state index contributed by atoms with van der Waals surface area (Å²) in [5.41, 5.74) is 4.08. The summed E-state index contributed by atoms with van der Waals surface area (Å²) in [5, 5.41) is 7.15. The van der Waals surface area contributed by atoms with Crippen molar-refractivity contribution in [2.24, 2.45) is 0 Å². The van der Waals surface area contributed by atoms with Gasteiger partial charge in [-0.15, -0.1) is 0 Å². The second-order valence-corrected chi connectivity index (χ2v) is 8.95. The van der Waals surface area contributed by atoms with Crippen LogP contribution in [-0.2, 0) is 9.53 Å². The highest BCUT2D eigenvalue weighted by Gasteiger charge is 2.42. The number of halogens is 1. The lowest BCUT2D eigenvalue weighted by Gasteiger charge is -2.29. The Bertz CT molecular complexity index is 1380. The first kappa shape index (κ1) is 23.9. The Kier molecular flexibility index (Phi) is 6.95. The largest absolute Gasteiger partial charge is 0.375 e. The van der Waals surface area contributed by atoms with Gasteiger partial charge in [0.15, 0.2) is 5.11 Å². The minimum atomic E-state index is -0.284. The maximum absolute atomic E-state index is 12.0. The van der Waals surface area contributed by atoms with Crippen molar-refractivity contribution in [3.63, 3.8) is 0 Å². The highest BCUT2D eigenvalue weighted by molar-refractivity contribution is 7.80. The summed E-state index contributed by atoms with van der Waals surface area (Å²) in [6, 6.07) is 18.8. The Morgan fingerprint density at radius 3 is 2.75 bits per heavy atom. The molecule has 1 saturated heterocycles. The van der Waals surface area contributed by atoms with E-state index in [4.69, 9.17) is 28.6 Å². The molecule has 1 fully saturated rings. The van der Waals surface area contributed by atoms with Gasteiger partial charge in [0.1, 0.15) is 12.6 Å². The minimum Gasteiger partial charge on any atom is -0.375 e. The third-order valence-corrected chi connectivity index (χ3v) is 6.51. The molecule has 2 unspecified atom stereocenters. The number of hydrogen-bond donors (Lipinski definition) is 2. The Morgan fingerprint density at radius 1 is 1.14 bits per heavy atom. The number of thiocarbonyl (C=S) groups is 1. The first-order valence-corrected chi connectivity index (χ1v) is 12.0. The van der Waals surface area contributed by atoms with Crippen molar-refractivity contribution < 1.29 is 9.53 Å². The average molecular weight is 519 g/mol. The fraction of sp³-hybridized carbons (Fsp3) is 0.154. The third-order valence-electron chi connectivity index (χ3n) is 5.89. The lowest BCUT2D eigenvalue weighted by molar-refractivity contribution is -0.119. The monoisotopic (exact) mass is 518 g/mol. The van der Waals surface area contributed by atoms with Crippen molar-refractivity contribution in [2.75, 3.05) is 23.9 Å². The molecule has 3 aromatic heterocycles. The molecule has 2 atom stereocenters. The Morgan fingerprint density at radius 2 is 2.03 bits per heavy atom. The molecule has 1 aliphatic rings. The van der Waals surface area contributed by atoms with E-state index in [1.807, 2.05) is 59.8 Å². The summed E-state index contributed by atoms with van der Waals surface area (Å²) in [4.78, 5) is 22.9. The van der Waals surface area contributed by atoms with Crippen molar-refractivity contribution in [1.29, 1.82) is 0 Å². The molecule has 0 radical (unpaired) electrons. The predicted molar refractivity (Wildman–Crippen MR) is 143 cm³/mol. The van der Waals surface area contributed by atoms with Crippen molar-refractivity contribution in [2.45, 2.75) is 12.1 Å². The number of carbonyl (C=O) groups is 1. The molecule has 182 valence electrons. The molecule has 0 bridgehead atoms. The second-order valence-electron chi connectivity index (χ2n) is 8.16. The van der Waals surface area contributed by atoms with Gasteiger partial charge in [-0.1, -0.05) is 17.7 Å². The quantitative estimate of drug-likeness (QED) is 0.343. The molecule has 8 nitrogen and oxygen atoms in total. The van der Waals surface area contributed by atoms with E-state index in [2.05, 4.69) is 31.2 Å². The van der Waals surface area contributed by atoms with E-state index in [-0.39, 0.29) is 24.6 Å². The smallest absolute Gasteiger partial charge is 0.250 e. The number of nitrogens with one attached hydrogen (secondary N) is 2. The van der Waals surface area contributed by atoms with Gasteiger partial charge < -0.3 is 24.8 Å². The molecule has 4 aromatic rings. The van der Waals surface area contributed by atoms with Crippen LogP contribution in [0.1, 0.15) is 23.5 Å². The van der Waals surface area contributed by atoms with E-state index < -0.39 is 0 Å². The first-order chi connectivity index (χ1) is 17.6. The Hall–Kier alpha value is -3.79. The molecule has 0 spiro atoms. The molecule has 0 saturated carbocycles. The number of ether oxygens (including phenoxy) is 1. The number of benzene rings is 1. The van der Waals surface area contributed by atoms with Crippen molar-refractivity contribution in [3.8, 4) is 5.69 Å². The van der Waals surface area contributed by atoms with E-state index in [0.29, 0.717) is 15.8 Å². The maximum atomic E-state index is 12.0. The van der Waals surface area contributed by atoms with Crippen molar-refractivity contribution in [3.05, 3.63) is 102 Å². The van der Waals surface area contributed by atoms with Gasteiger partial charge in [-0.2, -0.15) is 0 Å². The number of anilines is 2. The number of pyridine rings is 2. The van der Waals surface area contributed by atoms with E-state index in [0.717, 1.165) is 22.8 Å². The molecular formula is C26H23ClN6O2S. The number of amides is 1. The van der Waals surface area contributed by atoms with E-state index in [9.17, 15) is 4.79 Å². The minimum absolute atomic E-state index is 0.0582. The molecule has 1 aromatic carbocycles. The second kappa shape index (κ2) is 10.4. The van der Waals surface area contributed by atoms with Gasteiger partial charge in [0.25, 0.3) is 0 Å². The van der Waals surface area contributed by atoms with E-state index in [1.54, 1.807) is 24.5 Å². The van der Waals surface area contributed by atoms with Gasteiger partial charge >= 0.3 is 0 Å². The molecule has 36 heavy (non-hydrogen) atoms. The number of aromatic nitrogens is 3. The summed E-state index contributed by atoms with van der Waals surface area (Å²) in [7, 11) is 1.46. The first-order valence-electron chi connectivity index (χ1n) is 11.2. The van der Waals surface area contributed by atoms with Crippen LogP contribution >= 0.6 is 23.8 Å². The van der Waals surface area contributed by atoms with Crippen LogP contribution in [0.4, 0.5) is 11.4 Å². The maximum Gasteiger partial charge on any atom is 0.250 e. The third kappa shape index (κ3) is 4.68. The zero-order chi connectivity index (χ0) is 25.1. The molecule has 4 heterocycles. The van der Waals surface area contributed by atoms with E-state index >= 15 is 0 Å². The van der Waals surface area contributed by atoms with Crippen molar-refractivity contribution in [1.82, 2.24) is 19.9 Å². The molecule has 0 aliphatic carbocycles. The van der Waals surface area contributed by atoms with Crippen LogP contribution < -0.4 is 15.5 Å². The van der Waals surface area contributed by atoms with Gasteiger partial charge in [0.05, 0.1) is 34.3 Å². The number of carbonyl (C=O) groups excluding carboxylic acids is 1. The molecule has 5 rings (SSSR count). The number of methoxy groups -OCH3 is 1. The number of nitrogens with zero attached hydrogens (tertiary/aromatic N) is 4.